The zero-order valence-electron chi connectivity index (χ0n) is 24.1. The fraction of sp³-hybridized carbons (Fsp3) is 0.152. The maximum Gasteiger partial charge on any atom is 0.260 e. The third-order valence-electron chi connectivity index (χ3n) is 8.75. The quantitative estimate of drug-likeness (QED) is 0.0759. The predicted molar refractivity (Wildman–Crippen MR) is 170 cm³/mol. The number of oxime groups is 1. The van der Waals surface area contributed by atoms with Gasteiger partial charge in [-0.25, -0.2) is 4.39 Å². The standard InChI is InChI=1S/C33H20FIN2O10/c1-46-18-9-17(38)20-21(26(18)39)28(41)23-22(27(20)40)30(43)33(31(23)44)6-5-15-24(33)29(42)19-16(25(15)35)8-14(37-32(19)45)10-36-47-11-12-3-2-4-13(34)7-12/h2-4,7-10,40-42H,5-6,11H2,1H3,(H,37,45)/b36-10+/t33-/m0/s1. The van der Waals surface area contributed by atoms with Gasteiger partial charge in [0, 0.05) is 20.6 Å². The number of phenolic OH excluding ortho intramolecular Hbond substituents is 3. The number of nitrogens with zero attached hydrogens (tertiary/aromatic N) is 1. The highest BCUT2D eigenvalue weighted by molar-refractivity contribution is 14.1. The van der Waals surface area contributed by atoms with Gasteiger partial charge in [-0.15, -0.1) is 0 Å². The van der Waals surface area contributed by atoms with Crippen LogP contribution in [0.5, 0.6) is 17.2 Å². The number of ketones is 4. The zero-order valence-corrected chi connectivity index (χ0v) is 26.2. The van der Waals surface area contributed by atoms with Crippen molar-refractivity contribution in [1.82, 2.24) is 4.98 Å². The van der Waals surface area contributed by atoms with E-state index >= 15 is 0 Å². The van der Waals surface area contributed by atoms with Crippen molar-refractivity contribution in [2.45, 2.75) is 24.9 Å². The number of aromatic nitrogens is 1. The second kappa shape index (κ2) is 10.6. The van der Waals surface area contributed by atoms with Gasteiger partial charge >= 0.3 is 0 Å². The molecule has 236 valence electrons. The van der Waals surface area contributed by atoms with E-state index in [0.717, 1.165) is 13.2 Å². The second-order valence-corrected chi connectivity index (χ2v) is 12.2. The lowest BCUT2D eigenvalue weighted by atomic mass is 9.76. The average molecular weight is 750 g/mol. The van der Waals surface area contributed by atoms with Crippen LogP contribution in [0, 0.1) is 9.39 Å². The first-order valence-electron chi connectivity index (χ1n) is 14.0. The molecule has 1 aromatic heterocycles. The SMILES string of the molecule is COC1=CC(=O)c2c(O)c3c(c(O)c2C1=O)C(=O)[C@]1(CCc2c1c(O)c1c(=O)[nH]c(/C=N/OCc4cccc(F)c4)cc1c2I)C3=O. The number of rotatable bonds is 5. The molecule has 14 heteroatoms. The summed E-state index contributed by atoms with van der Waals surface area (Å²) in [6.07, 6.45) is 1.92. The fourth-order valence-electron chi connectivity index (χ4n) is 6.70. The molecule has 47 heavy (non-hydrogen) atoms. The molecule has 0 saturated heterocycles. The van der Waals surface area contributed by atoms with Crippen LogP contribution in [0.2, 0.25) is 0 Å². The first-order valence-corrected chi connectivity index (χ1v) is 15.1. The fourth-order valence-corrected chi connectivity index (χ4v) is 7.67. The summed E-state index contributed by atoms with van der Waals surface area (Å²) in [5.41, 5.74) is -4.60. The lowest BCUT2D eigenvalue weighted by Crippen LogP contribution is -2.36. The smallest absolute Gasteiger partial charge is 0.260 e. The monoisotopic (exact) mass is 750 g/mol. The Morgan fingerprint density at radius 2 is 1.70 bits per heavy atom. The minimum atomic E-state index is -2.16. The maximum atomic E-state index is 14.2. The van der Waals surface area contributed by atoms with Gasteiger partial charge in [0.15, 0.2) is 23.1 Å². The number of ether oxygens (including phenoxy) is 1. The van der Waals surface area contributed by atoms with E-state index in [4.69, 9.17) is 9.57 Å². The highest BCUT2D eigenvalue weighted by Crippen LogP contribution is 2.58. The molecule has 1 atom stereocenters. The van der Waals surface area contributed by atoms with Crippen LogP contribution < -0.4 is 5.56 Å². The van der Waals surface area contributed by atoms with E-state index < -0.39 is 85.2 Å². The van der Waals surface area contributed by atoms with Crippen molar-refractivity contribution in [2.75, 3.05) is 7.11 Å². The topological polar surface area (TPSA) is 193 Å². The first kappa shape index (κ1) is 30.3. The molecule has 0 saturated carbocycles. The highest BCUT2D eigenvalue weighted by Gasteiger charge is 2.62. The molecule has 0 bridgehead atoms. The van der Waals surface area contributed by atoms with Crippen LogP contribution in [0.1, 0.15) is 70.2 Å². The van der Waals surface area contributed by atoms with Crippen molar-refractivity contribution in [2.24, 2.45) is 5.16 Å². The van der Waals surface area contributed by atoms with E-state index in [2.05, 4.69) is 10.1 Å². The van der Waals surface area contributed by atoms with Gasteiger partial charge in [-0.3, -0.25) is 24.0 Å². The summed E-state index contributed by atoms with van der Waals surface area (Å²) in [5.74, 6) is -7.31. The Morgan fingerprint density at radius 1 is 1.00 bits per heavy atom. The van der Waals surface area contributed by atoms with Crippen LogP contribution in [0.4, 0.5) is 4.39 Å². The molecule has 0 fully saturated rings. The van der Waals surface area contributed by atoms with Crippen LogP contribution in [0.15, 0.2) is 52.1 Å². The van der Waals surface area contributed by atoms with Gasteiger partial charge in [0.1, 0.15) is 35.1 Å². The number of H-pyrrole nitrogens is 1. The Hall–Kier alpha value is -5.38. The molecule has 0 aliphatic heterocycles. The van der Waals surface area contributed by atoms with Crippen molar-refractivity contribution in [3.63, 3.8) is 0 Å². The summed E-state index contributed by atoms with van der Waals surface area (Å²) < 4.78 is 18.8. The average Bonchev–Trinajstić information content (AvgIpc) is 3.55. The molecular weight excluding hydrogens is 730 g/mol. The Kier molecular flexibility index (Phi) is 6.82. The van der Waals surface area contributed by atoms with E-state index in [9.17, 15) is 43.7 Å². The summed E-state index contributed by atoms with van der Waals surface area (Å²) in [4.78, 5) is 75.4. The number of phenols is 3. The van der Waals surface area contributed by atoms with Gasteiger partial charge in [-0.2, -0.15) is 0 Å². The molecule has 1 heterocycles. The molecule has 0 unspecified atom stereocenters. The lowest BCUT2D eigenvalue weighted by Gasteiger charge is -2.23. The van der Waals surface area contributed by atoms with Crippen LogP contribution >= 0.6 is 22.6 Å². The third kappa shape index (κ3) is 4.10. The van der Waals surface area contributed by atoms with Crippen LogP contribution in [0.25, 0.3) is 10.8 Å². The number of hydrogen-bond acceptors (Lipinski definition) is 11. The van der Waals surface area contributed by atoms with Crippen LogP contribution in [-0.2, 0) is 28.0 Å². The number of allylic oxidation sites excluding steroid dienone is 2. The second-order valence-electron chi connectivity index (χ2n) is 11.2. The molecule has 1 spiro atoms. The molecule has 7 rings (SSSR count). The molecule has 0 amide bonds. The number of halogens is 2. The van der Waals surface area contributed by atoms with Crippen molar-refractivity contribution < 1.29 is 48.5 Å². The van der Waals surface area contributed by atoms with E-state index in [0.29, 0.717) is 20.1 Å². The largest absolute Gasteiger partial charge is 0.507 e. The number of nitrogens with one attached hydrogen (secondary N) is 1. The molecular formula is C33H20FIN2O10. The van der Waals surface area contributed by atoms with Crippen molar-refractivity contribution in [3.8, 4) is 17.2 Å². The van der Waals surface area contributed by atoms with Crippen LogP contribution in [-0.4, -0.2) is 56.8 Å². The molecule has 3 aromatic carbocycles. The molecule has 4 aromatic rings. The Labute approximate surface area is 276 Å². The number of methoxy groups -OCH3 is 1. The van der Waals surface area contributed by atoms with E-state index in [1.165, 1.54) is 30.5 Å². The summed E-state index contributed by atoms with van der Waals surface area (Å²) in [7, 11) is 1.13. The third-order valence-corrected chi connectivity index (χ3v) is 9.98. The van der Waals surface area contributed by atoms with E-state index in [1.54, 1.807) is 6.07 Å². The van der Waals surface area contributed by atoms with Crippen molar-refractivity contribution in [1.29, 1.82) is 0 Å². The number of carbonyl (C=O) groups excluding carboxylic acids is 4. The number of pyridine rings is 1. The van der Waals surface area contributed by atoms with Gasteiger partial charge in [-0.05, 0) is 64.8 Å². The van der Waals surface area contributed by atoms with E-state index in [1.807, 2.05) is 22.6 Å². The number of benzene rings is 3. The first-order chi connectivity index (χ1) is 22.4. The lowest BCUT2D eigenvalue weighted by molar-refractivity contribution is 0.0790. The molecule has 3 aliphatic carbocycles. The molecule has 0 radical (unpaired) electrons. The molecule has 4 N–H and O–H groups in total. The van der Waals surface area contributed by atoms with Crippen molar-refractivity contribution >= 4 is 62.7 Å². The summed E-state index contributed by atoms with van der Waals surface area (Å²) in [5, 5.41) is 37.8. The predicted octanol–water partition coefficient (Wildman–Crippen LogP) is 4.11. The summed E-state index contributed by atoms with van der Waals surface area (Å²) in [6.45, 7) is -0.0368. The van der Waals surface area contributed by atoms with E-state index in [-0.39, 0.29) is 36.1 Å². The number of aromatic hydroxyl groups is 3. The van der Waals surface area contributed by atoms with Crippen molar-refractivity contribution in [3.05, 3.63) is 107 Å². The number of fused-ring (bicyclic) bond motifs is 5. The number of Topliss-reactive ketones (excluding diaryl/α,β-unsaturated/α-hetero) is 3. The minimum absolute atomic E-state index is 0.0368. The summed E-state index contributed by atoms with van der Waals surface area (Å²) in [6, 6.07) is 7.28. The maximum absolute atomic E-state index is 14.2. The van der Waals surface area contributed by atoms with Gasteiger partial charge in [0.25, 0.3) is 5.56 Å². The minimum Gasteiger partial charge on any atom is -0.507 e. The van der Waals surface area contributed by atoms with Gasteiger partial charge < -0.3 is 29.9 Å². The number of carbonyl (C=O) groups is 4. The Morgan fingerprint density at radius 3 is 2.38 bits per heavy atom. The Bertz CT molecular complexity index is 2310. The van der Waals surface area contributed by atoms with Gasteiger partial charge in [0.05, 0.1) is 46.7 Å². The molecule has 3 aliphatic rings. The molecule has 12 nitrogen and oxygen atoms in total. The number of aromatic amines is 1. The number of hydrogen-bond donors (Lipinski definition) is 4. The highest BCUT2D eigenvalue weighted by atomic mass is 127. The van der Waals surface area contributed by atoms with Gasteiger partial charge in [-0.1, -0.05) is 17.3 Å². The van der Waals surface area contributed by atoms with Gasteiger partial charge in [0.2, 0.25) is 5.78 Å². The Balaban J connectivity index is 1.33. The van der Waals surface area contributed by atoms with Crippen LogP contribution in [0.3, 0.4) is 0 Å². The normalized spacial score (nSPS) is 18.2. The zero-order chi connectivity index (χ0) is 33.5. The summed E-state index contributed by atoms with van der Waals surface area (Å²) >= 11 is 1.94.